The van der Waals surface area contributed by atoms with E-state index in [1.165, 1.54) is 5.56 Å². The Labute approximate surface area is 121 Å². The quantitative estimate of drug-likeness (QED) is 0.811. The zero-order chi connectivity index (χ0) is 14.2. The Balaban J connectivity index is 1.65. The van der Waals surface area contributed by atoms with Gasteiger partial charge >= 0.3 is 0 Å². The van der Waals surface area contributed by atoms with Gasteiger partial charge in [0.1, 0.15) is 0 Å². The summed E-state index contributed by atoms with van der Waals surface area (Å²) in [5, 5.41) is 9.19. The number of carbonyl (C=O) groups excluding carboxylic acids is 1. The van der Waals surface area contributed by atoms with Crippen LogP contribution < -0.4 is 0 Å². The molecule has 0 aliphatic carbocycles. The van der Waals surface area contributed by atoms with Gasteiger partial charge in [-0.3, -0.25) is 4.79 Å². The van der Waals surface area contributed by atoms with Crippen LogP contribution in [0.3, 0.4) is 0 Å². The molecule has 1 atom stereocenters. The summed E-state index contributed by atoms with van der Waals surface area (Å²) < 4.78 is 0. The number of benzene rings is 1. The molecule has 1 fully saturated rings. The normalized spacial score (nSPS) is 19.1. The van der Waals surface area contributed by atoms with Gasteiger partial charge in [0.15, 0.2) is 0 Å². The van der Waals surface area contributed by atoms with Crippen molar-refractivity contribution in [2.45, 2.75) is 38.5 Å². The topological polar surface area (TPSA) is 40.5 Å². The molecule has 110 valence electrons. The Morgan fingerprint density at radius 3 is 2.80 bits per heavy atom. The molecule has 1 amide bonds. The summed E-state index contributed by atoms with van der Waals surface area (Å²) in [6.45, 7) is 1.82. The highest BCUT2D eigenvalue weighted by molar-refractivity contribution is 5.76. The molecule has 1 heterocycles. The Hall–Kier alpha value is -1.35. The average Bonchev–Trinajstić information content (AvgIpc) is 2.52. The summed E-state index contributed by atoms with van der Waals surface area (Å²) in [4.78, 5) is 14.1. The maximum atomic E-state index is 12.1. The van der Waals surface area contributed by atoms with Crippen LogP contribution in [0.2, 0.25) is 0 Å². The highest BCUT2D eigenvalue weighted by Gasteiger charge is 2.22. The highest BCUT2D eigenvalue weighted by Crippen LogP contribution is 2.17. The predicted octanol–water partition coefficient (Wildman–Crippen LogP) is 2.63. The zero-order valence-corrected chi connectivity index (χ0v) is 12.1. The molecule has 1 aromatic rings. The molecule has 3 heteroatoms. The van der Waals surface area contributed by atoms with Crippen LogP contribution in [-0.2, 0) is 11.2 Å². The molecule has 1 saturated heterocycles. The van der Waals surface area contributed by atoms with Crippen LogP contribution >= 0.6 is 0 Å². The lowest BCUT2D eigenvalue weighted by Crippen LogP contribution is -2.40. The SMILES string of the molecule is O=C(CCCCc1ccccc1)N1CCCC(CO)C1. The standard InChI is InChI=1S/C17H25NO2/c19-14-16-10-6-12-18(13-16)17(20)11-5-4-9-15-7-2-1-3-8-15/h1-3,7-8,16,19H,4-6,9-14H2. The van der Waals surface area contributed by atoms with Crippen LogP contribution in [0.4, 0.5) is 0 Å². The number of carbonyl (C=O) groups is 1. The summed E-state index contributed by atoms with van der Waals surface area (Å²) in [5.74, 6) is 0.549. The van der Waals surface area contributed by atoms with E-state index in [0.717, 1.165) is 45.2 Å². The van der Waals surface area contributed by atoms with Gasteiger partial charge in [0.05, 0.1) is 0 Å². The minimum atomic E-state index is 0.206. The molecule has 1 aliphatic rings. The number of rotatable bonds is 6. The average molecular weight is 275 g/mol. The van der Waals surface area contributed by atoms with Gasteiger partial charge < -0.3 is 10.0 Å². The predicted molar refractivity (Wildman–Crippen MR) is 80.4 cm³/mol. The highest BCUT2D eigenvalue weighted by atomic mass is 16.3. The number of likely N-dealkylation sites (tertiary alicyclic amines) is 1. The summed E-state index contributed by atoms with van der Waals surface area (Å²) in [6.07, 6.45) is 5.79. The van der Waals surface area contributed by atoms with Crippen LogP contribution in [0.1, 0.15) is 37.7 Å². The molecule has 0 spiro atoms. The van der Waals surface area contributed by atoms with Gasteiger partial charge in [-0.15, -0.1) is 0 Å². The van der Waals surface area contributed by atoms with Gasteiger partial charge in [0, 0.05) is 26.1 Å². The van der Waals surface area contributed by atoms with E-state index >= 15 is 0 Å². The maximum absolute atomic E-state index is 12.1. The lowest BCUT2D eigenvalue weighted by molar-refractivity contribution is -0.133. The number of aryl methyl sites for hydroxylation is 1. The van der Waals surface area contributed by atoms with E-state index in [9.17, 15) is 9.90 Å². The first-order chi connectivity index (χ1) is 9.79. The second-order valence-corrected chi connectivity index (χ2v) is 5.72. The number of hydrogen-bond donors (Lipinski definition) is 1. The second-order valence-electron chi connectivity index (χ2n) is 5.72. The molecule has 3 nitrogen and oxygen atoms in total. The first-order valence-corrected chi connectivity index (χ1v) is 7.72. The van der Waals surface area contributed by atoms with Crippen LogP contribution in [0, 0.1) is 5.92 Å². The van der Waals surface area contributed by atoms with Gasteiger partial charge in [-0.05, 0) is 43.6 Å². The van der Waals surface area contributed by atoms with Crippen molar-refractivity contribution in [3.05, 3.63) is 35.9 Å². The zero-order valence-electron chi connectivity index (χ0n) is 12.1. The second kappa shape index (κ2) is 8.05. The molecule has 1 unspecified atom stereocenters. The minimum absolute atomic E-state index is 0.206. The van der Waals surface area contributed by atoms with Crippen LogP contribution in [0.5, 0.6) is 0 Å². The first kappa shape index (κ1) is 15.0. The summed E-state index contributed by atoms with van der Waals surface area (Å²) in [7, 11) is 0. The number of aliphatic hydroxyl groups is 1. The molecule has 20 heavy (non-hydrogen) atoms. The number of amides is 1. The fourth-order valence-electron chi connectivity index (χ4n) is 2.85. The number of piperidine rings is 1. The fraction of sp³-hybridized carbons (Fsp3) is 0.588. The third-order valence-electron chi connectivity index (χ3n) is 4.08. The fourth-order valence-corrected chi connectivity index (χ4v) is 2.85. The molecular weight excluding hydrogens is 250 g/mol. The van der Waals surface area contributed by atoms with Crippen molar-refractivity contribution >= 4 is 5.91 Å². The molecular formula is C17H25NO2. The van der Waals surface area contributed by atoms with Gasteiger partial charge in [-0.25, -0.2) is 0 Å². The third kappa shape index (κ3) is 4.64. The van der Waals surface area contributed by atoms with E-state index in [-0.39, 0.29) is 18.4 Å². The minimum Gasteiger partial charge on any atom is -0.396 e. The largest absolute Gasteiger partial charge is 0.396 e. The number of nitrogens with zero attached hydrogens (tertiary/aromatic N) is 1. The van der Waals surface area contributed by atoms with E-state index < -0.39 is 0 Å². The summed E-state index contributed by atoms with van der Waals surface area (Å²) >= 11 is 0. The molecule has 0 radical (unpaired) electrons. The molecule has 1 N–H and O–H groups in total. The smallest absolute Gasteiger partial charge is 0.222 e. The Bertz CT molecular complexity index is 405. The summed E-state index contributed by atoms with van der Waals surface area (Å²) in [5.41, 5.74) is 1.35. The third-order valence-corrected chi connectivity index (χ3v) is 4.08. The Morgan fingerprint density at radius 1 is 1.25 bits per heavy atom. The van der Waals surface area contributed by atoms with E-state index in [2.05, 4.69) is 24.3 Å². The molecule has 0 bridgehead atoms. The van der Waals surface area contributed by atoms with Crippen molar-refractivity contribution in [1.29, 1.82) is 0 Å². The van der Waals surface area contributed by atoms with Gasteiger partial charge in [0.2, 0.25) is 5.91 Å². The van der Waals surface area contributed by atoms with Crippen molar-refractivity contribution in [2.24, 2.45) is 5.92 Å². The van der Waals surface area contributed by atoms with Crippen LogP contribution in [0.15, 0.2) is 30.3 Å². The van der Waals surface area contributed by atoms with Crippen molar-refractivity contribution in [2.75, 3.05) is 19.7 Å². The Kier molecular flexibility index (Phi) is 6.06. The number of aliphatic hydroxyl groups excluding tert-OH is 1. The van der Waals surface area contributed by atoms with Crippen LogP contribution in [-0.4, -0.2) is 35.6 Å². The summed E-state index contributed by atoms with van der Waals surface area (Å²) in [6, 6.07) is 10.4. The first-order valence-electron chi connectivity index (χ1n) is 7.72. The van der Waals surface area contributed by atoms with Crippen molar-refractivity contribution in [3.63, 3.8) is 0 Å². The van der Waals surface area contributed by atoms with E-state index in [1.54, 1.807) is 0 Å². The number of unbranched alkanes of at least 4 members (excludes halogenated alkanes) is 1. The molecule has 0 aromatic heterocycles. The Morgan fingerprint density at radius 2 is 2.05 bits per heavy atom. The number of hydrogen-bond acceptors (Lipinski definition) is 2. The van der Waals surface area contributed by atoms with E-state index in [1.807, 2.05) is 11.0 Å². The lowest BCUT2D eigenvalue weighted by atomic mass is 9.98. The molecule has 1 aliphatic heterocycles. The van der Waals surface area contributed by atoms with E-state index in [0.29, 0.717) is 6.42 Å². The van der Waals surface area contributed by atoms with Gasteiger partial charge in [-0.2, -0.15) is 0 Å². The molecule has 1 aromatic carbocycles. The van der Waals surface area contributed by atoms with Gasteiger partial charge in [0.25, 0.3) is 0 Å². The molecule has 0 saturated carbocycles. The molecule has 2 rings (SSSR count). The van der Waals surface area contributed by atoms with E-state index in [4.69, 9.17) is 0 Å². The monoisotopic (exact) mass is 275 g/mol. The van der Waals surface area contributed by atoms with Crippen molar-refractivity contribution in [3.8, 4) is 0 Å². The maximum Gasteiger partial charge on any atom is 0.222 e. The van der Waals surface area contributed by atoms with Gasteiger partial charge in [-0.1, -0.05) is 30.3 Å². The van der Waals surface area contributed by atoms with Crippen LogP contribution in [0.25, 0.3) is 0 Å². The lowest BCUT2D eigenvalue weighted by Gasteiger charge is -2.32. The van der Waals surface area contributed by atoms with Crippen molar-refractivity contribution < 1.29 is 9.90 Å². The van der Waals surface area contributed by atoms with Crippen molar-refractivity contribution in [1.82, 2.24) is 4.90 Å².